The quantitative estimate of drug-likeness (QED) is 0.455. The van der Waals surface area contributed by atoms with Crippen molar-refractivity contribution < 1.29 is 13.9 Å². The minimum atomic E-state index is -0.508. The molecule has 1 heterocycles. The number of unbranched alkanes of at least 4 members (excludes halogenated alkanes) is 1. The molecule has 1 aliphatic carbocycles. The molecule has 4 rings (SSSR count). The molecule has 0 radical (unpaired) electrons. The molecular weight excluding hydrogens is 387 g/mol. The van der Waals surface area contributed by atoms with Crippen molar-refractivity contribution in [2.24, 2.45) is 5.92 Å². The zero-order valence-corrected chi connectivity index (χ0v) is 19.1. The number of aryl methyl sites for hydroxylation is 1. The van der Waals surface area contributed by atoms with Gasteiger partial charge in [0, 0.05) is 6.42 Å². The zero-order chi connectivity index (χ0) is 22.0. The van der Waals surface area contributed by atoms with E-state index >= 15 is 4.39 Å². The van der Waals surface area contributed by atoms with Crippen LogP contribution in [0.15, 0.2) is 36.4 Å². The molecule has 2 nitrogen and oxygen atoms in total. The number of hydrogen-bond donors (Lipinski definition) is 0. The van der Waals surface area contributed by atoms with Gasteiger partial charge < -0.3 is 4.74 Å². The first kappa shape index (κ1) is 22.0. The lowest BCUT2D eigenvalue weighted by molar-refractivity contribution is 0.0293. The number of hydrogen-bond acceptors (Lipinski definition) is 2. The highest BCUT2D eigenvalue weighted by molar-refractivity contribution is 5.92. The van der Waals surface area contributed by atoms with E-state index in [1.54, 1.807) is 0 Å². The molecule has 3 heteroatoms. The Kier molecular flexibility index (Phi) is 6.79. The summed E-state index contributed by atoms with van der Waals surface area (Å²) in [5.41, 5.74) is 4.50. The fraction of sp³-hybridized carbons (Fsp3) is 0.536. The number of halogens is 1. The maximum atomic E-state index is 15.3. The van der Waals surface area contributed by atoms with E-state index in [2.05, 4.69) is 38.1 Å². The Morgan fingerprint density at radius 2 is 1.77 bits per heavy atom. The zero-order valence-electron chi connectivity index (χ0n) is 19.1. The second kappa shape index (κ2) is 9.54. The number of benzene rings is 2. The van der Waals surface area contributed by atoms with E-state index in [1.165, 1.54) is 30.4 Å². The van der Waals surface area contributed by atoms with Crippen molar-refractivity contribution in [2.45, 2.75) is 90.1 Å². The van der Waals surface area contributed by atoms with E-state index in [0.717, 1.165) is 31.2 Å². The summed E-state index contributed by atoms with van der Waals surface area (Å²) in [6.07, 6.45) is 8.55. The van der Waals surface area contributed by atoms with Crippen LogP contribution in [0.25, 0.3) is 0 Å². The molecule has 2 aliphatic rings. The maximum Gasteiger partial charge on any atom is 0.341 e. The lowest BCUT2D eigenvalue weighted by Crippen LogP contribution is -2.27. The standard InChI is InChI=1S/C28H35FO2/c1-4-5-6-20-7-9-22(10-8-20)23-13-11-21(12-14-23)19(3)25-16-15-24-17-18(2)31-28(30)26(24)27(25)29/h7-10,15-16,18-19,21,23H,4-6,11-14,17H2,1-3H3. The second-order valence-corrected chi connectivity index (χ2v) is 9.67. The number of cyclic esters (lactones) is 1. The van der Waals surface area contributed by atoms with E-state index in [9.17, 15) is 4.79 Å². The fourth-order valence-corrected chi connectivity index (χ4v) is 5.51. The van der Waals surface area contributed by atoms with Gasteiger partial charge >= 0.3 is 5.97 Å². The highest BCUT2D eigenvalue weighted by Gasteiger charge is 2.32. The molecule has 2 atom stereocenters. The van der Waals surface area contributed by atoms with Gasteiger partial charge in [0.2, 0.25) is 0 Å². The molecule has 2 unspecified atom stereocenters. The van der Waals surface area contributed by atoms with Crippen LogP contribution in [0.4, 0.5) is 4.39 Å². The Hall–Kier alpha value is -2.16. The predicted molar refractivity (Wildman–Crippen MR) is 123 cm³/mol. The van der Waals surface area contributed by atoms with Crippen LogP contribution in [-0.2, 0) is 17.6 Å². The van der Waals surface area contributed by atoms with Gasteiger partial charge in [-0.25, -0.2) is 9.18 Å². The molecule has 2 aromatic rings. The molecule has 0 N–H and O–H groups in total. The smallest absolute Gasteiger partial charge is 0.341 e. The third kappa shape index (κ3) is 4.71. The Morgan fingerprint density at radius 1 is 1.06 bits per heavy atom. The first-order chi connectivity index (χ1) is 15.0. The summed E-state index contributed by atoms with van der Waals surface area (Å²) in [5, 5.41) is 0. The predicted octanol–water partition coefficient (Wildman–Crippen LogP) is 7.35. The second-order valence-electron chi connectivity index (χ2n) is 9.67. The molecular formula is C28H35FO2. The van der Waals surface area contributed by atoms with Crippen LogP contribution < -0.4 is 0 Å². The Labute approximate surface area is 186 Å². The Balaban J connectivity index is 1.41. The monoisotopic (exact) mass is 422 g/mol. The summed E-state index contributed by atoms with van der Waals surface area (Å²) in [5.74, 6) is 0.299. The van der Waals surface area contributed by atoms with Gasteiger partial charge in [0.15, 0.2) is 0 Å². The minimum absolute atomic E-state index is 0.106. The molecule has 1 aliphatic heterocycles. The van der Waals surface area contributed by atoms with E-state index in [1.807, 2.05) is 19.1 Å². The summed E-state index contributed by atoms with van der Waals surface area (Å²) in [6.45, 7) is 6.21. The molecule has 166 valence electrons. The van der Waals surface area contributed by atoms with E-state index in [4.69, 9.17) is 4.74 Å². The molecule has 0 bridgehead atoms. The third-order valence-corrected chi connectivity index (χ3v) is 7.52. The van der Waals surface area contributed by atoms with Gasteiger partial charge in [-0.15, -0.1) is 0 Å². The number of ether oxygens (including phenoxy) is 1. The maximum absolute atomic E-state index is 15.3. The first-order valence-electron chi connectivity index (χ1n) is 12.1. The fourth-order valence-electron chi connectivity index (χ4n) is 5.51. The van der Waals surface area contributed by atoms with Gasteiger partial charge in [0.1, 0.15) is 11.9 Å². The van der Waals surface area contributed by atoms with Gasteiger partial charge in [-0.3, -0.25) is 0 Å². The summed E-state index contributed by atoms with van der Waals surface area (Å²) in [4.78, 5) is 12.3. The van der Waals surface area contributed by atoms with Crippen molar-refractivity contribution >= 4 is 5.97 Å². The number of carbonyl (C=O) groups excluding carboxylic acids is 1. The highest BCUT2D eigenvalue weighted by Crippen LogP contribution is 2.43. The SMILES string of the molecule is CCCCc1ccc(C2CCC(C(C)c3ccc4c(c3F)C(=O)OC(C)C4)CC2)cc1. The van der Waals surface area contributed by atoms with Crippen molar-refractivity contribution in [1.82, 2.24) is 0 Å². The minimum Gasteiger partial charge on any atom is -0.459 e. The average molecular weight is 423 g/mol. The molecule has 1 fully saturated rings. The molecule has 1 saturated carbocycles. The summed E-state index contributed by atoms with van der Waals surface area (Å²) in [7, 11) is 0. The normalized spacial score (nSPS) is 24.4. The summed E-state index contributed by atoms with van der Waals surface area (Å²) < 4.78 is 20.6. The average Bonchev–Trinajstić information content (AvgIpc) is 2.77. The number of esters is 1. The van der Waals surface area contributed by atoms with Gasteiger partial charge in [-0.1, -0.05) is 56.7 Å². The first-order valence-corrected chi connectivity index (χ1v) is 12.1. The summed E-state index contributed by atoms with van der Waals surface area (Å²) >= 11 is 0. The van der Waals surface area contributed by atoms with E-state index in [-0.39, 0.29) is 23.4 Å². The number of fused-ring (bicyclic) bond motifs is 1. The van der Waals surface area contributed by atoms with Crippen LogP contribution in [-0.4, -0.2) is 12.1 Å². The van der Waals surface area contributed by atoms with Gasteiger partial charge in [0.05, 0.1) is 5.56 Å². The van der Waals surface area contributed by atoms with Crippen LogP contribution in [0.1, 0.15) is 104 Å². The van der Waals surface area contributed by atoms with Crippen molar-refractivity contribution in [3.8, 4) is 0 Å². The van der Waals surface area contributed by atoms with Crippen LogP contribution >= 0.6 is 0 Å². The molecule has 0 spiro atoms. The lowest BCUT2D eigenvalue weighted by Gasteiger charge is -2.33. The van der Waals surface area contributed by atoms with E-state index in [0.29, 0.717) is 23.8 Å². The van der Waals surface area contributed by atoms with Gasteiger partial charge in [-0.05, 0) is 85.5 Å². The third-order valence-electron chi connectivity index (χ3n) is 7.52. The van der Waals surface area contributed by atoms with Crippen molar-refractivity contribution in [3.05, 3.63) is 70.0 Å². The molecule has 0 saturated heterocycles. The Morgan fingerprint density at radius 3 is 2.45 bits per heavy atom. The van der Waals surface area contributed by atoms with E-state index < -0.39 is 5.97 Å². The van der Waals surface area contributed by atoms with Crippen LogP contribution in [0.2, 0.25) is 0 Å². The van der Waals surface area contributed by atoms with Crippen molar-refractivity contribution in [1.29, 1.82) is 0 Å². The van der Waals surface area contributed by atoms with Crippen LogP contribution in [0, 0.1) is 11.7 Å². The molecule has 2 aromatic carbocycles. The van der Waals surface area contributed by atoms with Crippen molar-refractivity contribution in [3.63, 3.8) is 0 Å². The lowest BCUT2D eigenvalue weighted by atomic mass is 9.72. The molecule has 31 heavy (non-hydrogen) atoms. The van der Waals surface area contributed by atoms with Gasteiger partial charge in [0.25, 0.3) is 0 Å². The summed E-state index contributed by atoms with van der Waals surface area (Å²) in [6, 6.07) is 13.1. The molecule has 0 aromatic heterocycles. The van der Waals surface area contributed by atoms with Crippen molar-refractivity contribution in [2.75, 3.05) is 0 Å². The number of rotatable bonds is 6. The highest BCUT2D eigenvalue weighted by atomic mass is 19.1. The van der Waals surface area contributed by atoms with Gasteiger partial charge in [-0.2, -0.15) is 0 Å². The number of carbonyl (C=O) groups is 1. The Bertz CT molecular complexity index is 909. The van der Waals surface area contributed by atoms with Crippen LogP contribution in [0.5, 0.6) is 0 Å². The topological polar surface area (TPSA) is 26.3 Å². The molecule has 0 amide bonds. The van der Waals surface area contributed by atoms with Crippen LogP contribution in [0.3, 0.4) is 0 Å². The largest absolute Gasteiger partial charge is 0.459 e.